The zero-order valence-corrected chi connectivity index (χ0v) is 10.8. The molecule has 20 heavy (non-hydrogen) atoms. The summed E-state index contributed by atoms with van der Waals surface area (Å²) in [5, 5.41) is 9.38. The molecule has 0 saturated carbocycles. The predicted octanol–water partition coefficient (Wildman–Crippen LogP) is 0.520. The van der Waals surface area contributed by atoms with Crippen LogP contribution in [0.15, 0.2) is 41.2 Å². The Morgan fingerprint density at radius 3 is 2.85 bits per heavy atom. The average molecular weight is 270 g/mol. The van der Waals surface area contributed by atoms with Gasteiger partial charge in [-0.05, 0) is 17.7 Å². The molecule has 6 heteroatoms. The fraction of sp³-hybridized carbons (Fsp3) is 0.214. The summed E-state index contributed by atoms with van der Waals surface area (Å²) in [6, 6.07) is 10.5. The van der Waals surface area contributed by atoms with Crippen LogP contribution in [0.4, 0.5) is 5.69 Å². The van der Waals surface area contributed by atoms with Crippen molar-refractivity contribution in [1.82, 2.24) is 15.5 Å². The van der Waals surface area contributed by atoms with Gasteiger partial charge < -0.3 is 10.2 Å². The lowest BCUT2D eigenvalue weighted by molar-refractivity contribution is 0.0981. The minimum Gasteiger partial charge on any atom is -0.311 e. The Kier molecular flexibility index (Phi) is 3.30. The summed E-state index contributed by atoms with van der Waals surface area (Å²) < 4.78 is 0. The number of amides is 1. The number of nitrogens with one attached hydrogen (secondary N) is 2. The maximum atomic E-state index is 12.5. The molecule has 2 aromatic rings. The zero-order valence-electron chi connectivity index (χ0n) is 10.8. The van der Waals surface area contributed by atoms with Crippen LogP contribution in [0.5, 0.6) is 0 Å². The molecule has 0 atom stereocenters. The maximum absolute atomic E-state index is 12.5. The molecule has 0 fully saturated rings. The number of carbonyl (C=O) groups excluding carboxylic acids is 1. The van der Waals surface area contributed by atoms with Crippen molar-refractivity contribution in [3.05, 3.63) is 58.0 Å². The summed E-state index contributed by atoms with van der Waals surface area (Å²) in [6.45, 7) is 2.01. The third-order valence-corrected chi connectivity index (χ3v) is 3.25. The summed E-state index contributed by atoms with van der Waals surface area (Å²) in [6.07, 6.45) is 0. The van der Waals surface area contributed by atoms with Crippen molar-refractivity contribution in [2.45, 2.75) is 6.54 Å². The van der Waals surface area contributed by atoms with Crippen LogP contribution in [0, 0.1) is 0 Å². The highest BCUT2D eigenvalue weighted by Crippen LogP contribution is 2.23. The first kappa shape index (κ1) is 12.6. The number of carbonyl (C=O) groups is 1. The fourth-order valence-corrected chi connectivity index (χ4v) is 2.27. The van der Waals surface area contributed by atoms with E-state index in [2.05, 4.69) is 15.5 Å². The lowest BCUT2D eigenvalue weighted by Crippen LogP contribution is -2.35. The SMILES string of the molecule is O=C(c1ccc(=O)[nH]n1)N1CCNCc2ccccc21. The second-order valence-electron chi connectivity index (χ2n) is 4.57. The molecule has 2 heterocycles. The predicted molar refractivity (Wildman–Crippen MR) is 74.7 cm³/mol. The first-order chi connectivity index (χ1) is 9.75. The van der Waals surface area contributed by atoms with Gasteiger partial charge in [0.25, 0.3) is 11.5 Å². The van der Waals surface area contributed by atoms with Crippen molar-refractivity contribution in [2.75, 3.05) is 18.0 Å². The van der Waals surface area contributed by atoms with Crippen molar-refractivity contribution >= 4 is 11.6 Å². The van der Waals surface area contributed by atoms with Crippen LogP contribution < -0.4 is 15.8 Å². The number of benzene rings is 1. The highest BCUT2D eigenvalue weighted by molar-refractivity contribution is 6.05. The van der Waals surface area contributed by atoms with E-state index in [1.165, 1.54) is 12.1 Å². The van der Waals surface area contributed by atoms with Crippen LogP contribution in [0.3, 0.4) is 0 Å². The number of anilines is 1. The number of rotatable bonds is 1. The molecule has 0 bridgehead atoms. The number of hydrogen-bond donors (Lipinski definition) is 2. The average Bonchev–Trinajstić information content (AvgIpc) is 2.69. The van der Waals surface area contributed by atoms with Gasteiger partial charge in [0, 0.05) is 31.4 Å². The Morgan fingerprint density at radius 1 is 1.20 bits per heavy atom. The number of fused-ring (bicyclic) bond motifs is 1. The van der Waals surface area contributed by atoms with E-state index in [0.717, 1.165) is 17.8 Å². The largest absolute Gasteiger partial charge is 0.311 e. The van der Waals surface area contributed by atoms with Crippen molar-refractivity contribution < 1.29 is 4.79 Å². The third kappa shape index (κ3) is 2.33. The van der Waals surface area contributed by atoms with Gasteiger partial charge in [-0.2, -0.15) is 5.10 Å². The Hall–Kier alpha value is -2.47. The smallest absolute Gasteiger partial charge is 0.278 e. The first-order valence-corrected chi connectivity index (χ1v) is 6.42. The molecule has 1 aromatic carbocycles. The van der Waals surface area contributed by atoms with E-state index in [-0.39, 0.29) is 17.2 Å². The fourth-order valence-electron chi connectivity index (χ4n) is 2.27. The highest BCUT2D eigenvalue weighted by Gasteiger charge is 2.22. The molecular weight excluding hydrogens is 256 g/mol. The van der Waals surface area contributed by atoms with E-state index < -0.39 is 0 Å². The summed E-state index contributed by atoms with van der Waals surface area (Å²) in [7, 11) is 0. The summed E-state index contributed by atoms with van der Waals surface area (Å²) >= 11 is 0. The number of hydrogen-bond acceptors (Lipinski definition) is 4. The normalized spacial score (nSPS) is 14.5. The first-order valence-electron chi connectivity index (χ1n) is 6.42. The maximum Gasteiger partial charge on any atom is 0.278 e. The standard InChI is InChI=1S/C14H14N4O2/c19-13-6-5-11(16-17-13)14(20)18-8-7-15-9-10-3-1-2-4-12(10)18/h1-6,15H,7-9H2,(H,17,19). The van der Waals surface area contributed by atoms with Gasteiger partial charge in [0.1, 0.15) is 5.69 Å². The third-order valence-electron chi connectivity index (χ3n) is 3.25. The quantitative estimate of drug-likeness (QED) is 0.792. The van der Waals surface area contributed by atoms with Gasteiger partial charge in [-0.25, -0.2) is 5.10 Å². The van der Waals surface area contributed by atoms with Crippen LogP contribution in [0.2, 0.25) is 0 Å². The van der Waals surface area contributed by atoms with Gasteiger partial charge in [-0.1, -0.05) is 18.2 Å². The van der Waals surface area contributed by atoms with Crippen LogP contribution in [-0.2, 0) is 6.54 Å². The molecule has 102 valence electrons. The van der Waals surface area contributed by atoms with E-state index >= 15 is 0 Å². The summed E-state index contributed by atoms with van der Waals surface area (Å²) in [5.41, 5.74) is 1.87. The Bertz CT molecular complexity index is 675. The van der Waals surface area contributed by atoms with Gasteiger partial charge in [-0.3, -0.25) is 9.59 Å². The number of nitrogens with zero attached hydrogens (tertiary/aromatic N) is 2. The van der Waals surface area contributed by atoms with E-state index in [1.54, 1.807) is 4.90 Å². The summed E-state index contributed by atoms with van der Waals surface area (Å²) in [5.74, 6) is -0.211. The van der Waals surface area contributed by atoms with Gasteiger partial charge in [0.15, 0.2) is 0 Å². The van der Waals surface area contributed by atoms with Crippen LogP contribution >= 0.6 is 0 Å². The van der Waals surface area contributed by atoms with E-state index in [0.29, 0.717) is 13.1 Å². The van der Waals surface area contributed by atoms with Crippen LogP contribution in [-0.4, -0.2) is 29.2 Å². The molecule has 1 aliphatic rings. The van der Waals surface area contributed by atoms with Gasteiger partial charge >= 0.3 is 0 Å². The topological polar surface area (TPSA) is 78.1 Å². The number of aromatic nitrogens is 2. The summed E-state index contributed by atoms with van der Waals surface area (Å²) in [4.78, 5) is 25.3. The Balaban J connectivity index is 1.99. The number of aromatic amines is 1. The molecule has 6 nitrogen and oxygen atoms in total. The molecule has 0 unspecified atom stereocenters. The molecule has 0 radical (unpaired) electrons. The molecule has 2 N–H and O–H groups in total. The van der Waals surface area contributed by atoms with Gasteiger partial charge in [-0.15, -0.1) is 0 Å². The molecule has 1 aromatic heterocycles. The lowest BCUT2D eigenvalue weighted by atomic mass is 10.1. The Morgan fingerprint density at radius 2 is 2.05 bits per heavy atom. The minimum atomic E-state index is -0.320. The minimum absolute atomic E-state index is 0.211. The van der Waals surface area contributed by atoms with Crippen molar-refractivity contribution in [1.29, 1.82) is 0 Å². The molecule has 0 aliphatic carbocycles. The second kappa shape index (κ2) is 5.26. The molecule has 0 spiro atoms. The van der Waals surface area contributed by atoms with E-state index in [1.807, 2.05) is 24.3 Å². The number of para-hydroxylation sites is 1. The lowest BCUT2D eigenvalue weighted by Gasteiger charge is -2.21. The zero-order chi connectivity index (χ0) is 13.9. The molecule has 1 amide bonds. The van der Waals surface area contributed by atoms with Crippen LogP contribution in [0.1, 0.15) is 16.1 Å². The number of H-pyrrole nitrogens is 1. The van der Waals surface area contributed by atoms with Crippen molar-refractivity contribution in [2.24, 2.45) is 0 Å². The molecular formula is C14H14N4O2. The van der Waals surface area contributed by atoms with E-state index in [4.69, 9.17) is 0 Å². The molecule has 0 saturated heterocycles. The van der Waals surface area contributed by atoms with Crippen LogP contribution in [0.25, 0.3) is 0 Å². The Labute approximate surface area is 115 Å². The molecule has 1 aliphatic heterocycles. The van der Waals surface area contributed by atoms with Gasteiger partial charge in [0.2, 0.25) is 0 Å². The molecule has 3 rings (SSSR count). The second-order valence-corrected chi connectivity index (χ2v) is 4.57. The van der Waals surface area contributed by atoms with Crippen molar-refractivity contribution in [3.63, 3.8) is 0 Å². The van der Waals surface area contributed by atoms with E-state index in [9.17, 15) is 9.59 Å². The van der Waals surface area contributed by atoms with Gasteiger partial charge in [0.05, 0.1) is 0 Å². The highest BCUT2D eigenvalue weighted by atomic mass is 16.2. The monoisotopic (exact) mass is 270 g/mol. The van der Waals surface area contributed by atoms with Crippen molar-refractivity contribution in [3.8, 4) is 0 Å².